The van der Waals surface area contributed by atoms with E-state index in [2.05, 4.69) is 15.5 Å². The van der Waals surface area contributed by atoms with E-state index < -0.39 is 16.6 Å². The van der Waals surface area contributed by atoms with E-state index in [1.54, 1.807) is 13.0 Å². The molecular weight excluding hydrogens is 403 g/mol. The second-order valence-corrected chi connectivity index (χ2v) is 6.52. The summed E-state index contributed by atoms with van der Waals surface area (Å²) in [7, 11) is 0. The van der Waals surface area contributed by atoms with E-state index in [1.165, 1.54) is 36.4 Å². The number of amides is 1. The van der Waals surface area contributed by atoms with Crippen LogP contribution in [-0.4, -0.2) is 33.4 Å². The number of benzene rings is 2. The molecule has 0 unspecified atom stereocenters. The van der Waals surface area contributed by atoms with Crippen LogP contribution in [0.5, 0.6) is 5.75 Å². The standard InChI is InChI=1S/C18H15FN4O5S/c1-2-27-13-6-7-14(15(9-13)23(25)26)20-16(24)10-29-18-22-21-17(28-18)11-4-3-5-12(19)8-11/h3-9H,2,10H2,1H3,(H,20,24). The summed E-state index contributed by atoms with van der Waals surface area (Å²) in [6.07, 6.45) is 0. The monoisotopic (exact) mass is 418 g/mol. The molecule has 0 saturated heterocycles. The zero-order valence-corrected chi connectivity index (χ0v) is 15.9. The van der Waals surface area contributed by atoms with Gasteiger partial charge in [0.1, 0.15) is 17.3 Å². The van der Waals surface area contributed by atoms with Gasteiger partial charge in [0.05, 0.1) is 23.3 Å². The third-order valence-corrected chi connectivity index (χ3v) is 4.37. The number of ether oxygens (including phenoxy) is 1. The van der Waals surface area contributed by atoms with Crippen molar-refractivity contribution in [3.05, 3.63) is 58.4 Å². The van der Waals surface area contributed by atoms with Gasteiger partial charge < -0.3 is 14.5 Å². The predicted octanol–water partition coefficient (Wildman–Crippen LogP) is 3.91. The normalized spacial score (nSPS) is 10.6. The Balaban J connectivity index is 1.63. The summed E-state index contributed by atoms with van der Waals surface area (Å²) in [5.74, 6) is -0.592. The lowest BCUT2D eigenvalue weighted by atomic mass is 10.2. The van der Waals surface area contributed by atoms with Crippen LogP contribution in [0.2, 0.25) is 0 Å². The van der Waals surface area contributed by atoms with Crippen molar-refractivity contribution in [1.82, 2.24) is 10.2 Å². The number of nitrogens with one attached hydrogen (secondary N) is 1. The molecule has 11 heteroatoms. The number of nitro benzene ring substituents is 1. The third kappa shape index (κ3) is 5.29. The van der Waals surface area contributed by atoms with Gasteiger partial charge in [0.25, 0.3) is 10.9 Å². The zero-order valence-electron chi connectivity index (χ0n) is 15.1. The summed E-state index contributed by atoms with van der Waals surface area (Å²) in [6.45, 7) is 2.12. The molecule has 3 aromatic rings. The molecule has 0 bridgehead atoms. The highest BCUT2D eigenvalue weighted by molar-refractivity contribution is 7.99. The van der Waals surface area contributed by atoms with Crippen molar-refractivity contribution >= 4 is 29.0 Å². The zero-order chi connectivity index (χ0) is 20.8. The van der Waals surface area contributed by atoms with Crippen LogP contribution in [0, 0.1) is 15.9 Å². The van der Waals surface area contributed by atoms with E-state index >= 15 is 0 Å². The fourth-order valence-electron chi connectivity index (χ4n) is 2.34. The van der Waals surface area contributed by atoms with Crippen molar-refractivity contribution in [2.75, 3.05) is 17.7 Å². The fraction of sp³-hybridized carbons (Fsp3) is 0.167. The van der Waals surface area contributed by atoms with Gasteiger partial charge in [-0.2, -0.15) is 0 Å². The average Bonchev–Trinajstić information content (AvgIpc) is 3.17. The Labute approximate surface area is 168 Å². The number of nitro groups is 1. The third-order valence-electron chi connectivity index (χ3n) is 3.56. The molecule has 0 aliphatic rings. The van der Waals surface area contributed by atoms with Crippen molar-refractivity contribution in [3.8, 4) is 17.2 Å². The van der Waals surface area contributed by atoms with Gasteiger partial charge in [0, 0.05) is 5.56 Å². The number of hydrogen-bond donors (Lipinski definition) is 1. The number of hydrogen-bond acceptors (Lipinski definition) is 8. The van der Waals surface area contributed by atoms with E-state index in [0.29, 0.717) is 17.9 Å². The Kier molecular flexibility index (Phi) is 6.39. The predicted molar refractivity (Wildman–Crippen MR) is 103 cm³/mol. The minimum Gasteiger partial charge on any atom is -0.494 e. The van der Waals surface area contributed by atoms with Gasteiger partial charge in [-0.25, -0.2) is 4.39 Å². The maximum Gasteiger partial charge on any atom is 0.296 e. The van der Waals surface area contributed by atoms with E-state index in [1.807, 2.05) is 0 Å². The van der Waals surface area contributed by atoms with E-state index in [0.717, 1.165) is 11.8 Å². The Morgan fingerprint density at radius 2 is 2.14 bits per heavy atom. The van der Waals surface area contributed by atoms with Gasteiger partial charge in [0.2, 0.25) is 11.8 Å². The molecular formula is C18H15FN4O5S. The van der Waals surface area contributed by atoms with Crippen LogP contribution in [0.25, 0.3) is 11.5 Å². The number of carbonyl (C=O) groups excluding carboxylic acids is 1. The largest absolute Gasteiger partial charge is 0.494 e. The van der Waals surface area contributed by atoms with E-state index in [9.17, 15) is 19.3 Å². The van der Waals surface area contributed by atoms with Gasteiger partial charge >= 0.3 is 0 Å². The lowest BCUT2D eigenvalue weighted by molar-refractivity contribution is -0.384. The molecule has 0 radical (unpaired) electrons. The van der Waals surface area contributed by atoms with Crippen LogP contribution in [0.1, 0.15) is 6.92 Å². The molecule has 0 atom stereocenters. The van der Waals surface area contributed by atoms with Crippen molar-refractivity contribution in [2.24, 2.45) is 0 Å². The summed E-state index contributed by atoms with van der Waals surface area (Å²) in [6, 6.07) is 9.85. The first kappa shape index (κ1) is 20.3. The van der Waals surface area contributed by atoms with Crippen LogP contribution < -0.4 is 10.1 Å². The SMILES string of the molecule is CCOc1ccc(NC(=O)CSc2nnc(-c3cccc(F)c3)o2)c([N+](=O)[O-])c1. The molecule has 0 aliphatic heterocycles. The van der Waals surface area contributed by atoms with Gasteiger partial charge in [-0.3, -0.25) is 14.9 Å². The minimum atomic E-state index is -0.603. The van der Waals surface area contributed by atoms with Crippen LogP contribution in [0.15, 0.2) is 52.1 Å². The quantitative estimate of drug-likeness (QED) is 0.332. The molecule has 29 heavy (non-hydrogen) atoms. The molecule has 9 nitrogen and oxygen atoms in total. The smallest absolute Gasteiger partial charge is 0.296 e. The molecule has 1 aromatic heterocycles. The first-order chi connectivity index (χ1) is 14.0. The van der Waals surface area contributed by atoms with Gasteiger partial charge in [-0.1, -0.05) is 17.8 Å². The number of nitrogens with zero attached hydrogens (tertiary/aromatic N) is 3. The van der Waals surface area contributed by atoms with Crippen molar-refractivity contribution in [2.45, 2.75) is 12.1 Å². The van der Waals surface area contributed by atoms with Crippen LogP contribution in [0.3, 0.4) is 0 Å². The number of aromatic nitrogens is 2. The molecule has 1 N–H and O–H groups in total. The molecule has 2 aromatic carbocycles. The van der Waals surface area contributed by atoms with Crippen LogP contribution in [0.4, 0.5) is 15.8 Å². The van der Waals surface area contributed by atoms with Gasteiger partial charge in [-0.15, -0.1) is 10.2 Å². The lowest BCUT2D eigenvalue weighted by Gasteiger charge is -2.07. The minimum absolute atomic E-state index is 0.0510. The number of rotatable bonds is 8. The molecule has 0 spiro atoms. The lowest BCUT2D eigenvalue weighted by Crippen LogP contribution is -2.15. The highest BCUT2D eigenvalue weighted by Crippen LogP contribution is 2.30. The van der Waals surface area contributed by atoms with Crippen LogP contribution in [-0.2, 0) is 4.79 Å². The number of carbonyl (C=O) groups is 1. The molecule has 3 rings (SSSR count). The van der Waals surface area contributed by atoms with Crippen molar-refractivity contribution < 1.29 is 23.3 Å². The number of anilines is 1. The summed E-state index contributed by atoms with van der Waals surface area (Å²) in [5.41, 5.74) is 0.189. The average molecular weight is 418 g/mol. The second kappa shape index (κ2) is 9.15. The van der Waals surface area contributed by atoms with Crippen LogP contribution >= 0.6 is 11.8 Å². The number of halogens is 1. The summed E-state index contributed by atoms with van der Waals surface area (Å²) in [4.78, 5) is 22.8. The van der Waals surface area contributed by atoms with E-state index in [4.69, 9.17) is 9.15 Å². The van der Waals surface area contributed by atoms with Crippen molar-refractivity contribution in [3.63, 3.8) is 0 Å². The maximum atomic E-state index is 13.3. The molecule has 150 valence electrons. The Bertz CT molecular complexity index is 1040. The first-order valence-corrected chi connectivity index (χ1v) is 9.38. The van der Waals surface area contributed by atoms with E-state index in [-0.39, 0.29) is 28.2 Å². The Morgan fingerprint density at radius 3 is 2.86 bits per heavy atom. The van der Waals surface area contributed by atoms with Crippen molar-refractivity contribution in [1.29, 1.82) is 0 Å². The molecule has 0 fully saturated rings. The Hall–Kier alpha value is -3.47. The van der Waals surface area contributed by atoms with Gasteiger partial charge in [0.15, 0.2) is 0 Å². The Morgan fingerprint density at radius 1 is 1.31 bits per heavy atom. The summed E-state index contributed by atoms with van der Waals surface area (Å²) in [5, 5.41) is 21.4. The highest BCUT2D eigenvalue weighted by Gasteiger charge is 2.18. The number of thioether (sulfide) groups is 1. The molecule has 1 amide bonds. The maximum absolute atomic E-state index is 13.3. The molecule has 0 saturated carbocycles. The topological polar surface area (TPSA) is 120 Å². The summed E-state index contributed by atoms with van der Waals surface area (Å²) < 4.78 is 23.9. The highest BCUT2D eigenvalue weighted by atomic mass is 32.2. The fourth-order valence-corrected chi connectivity index (χ4v) is 2.91. The van der Waals surface area contributed by atoms with Gasteiger partial charge in [-0.05, 0) is 37.3 Å². The second-order valence-electron chi connectivity index (χ2n) is 5.59. The molecule has 1 heterocycles. The molecule has 0 aliphatic carbocycles. The first-order valence-electron chi connectivity index (χ1n) is 8.39. The summed E-state index contributed by atoms with van der Waals surface area (Å²) >= 11 is 0.952.